The topological polar surface area (TPSA) is 95.1 Å². The van der Waals surface area contributed by atoms with E-state index in [1.165, 1.54) is 11.1 Å². The summed E-state index contributed by atoms with van der Waals surface area (Å²) in [5.74, 6) is 0.113. The fourth-order valence-electron chi connectivity index (χ4n) is 3.14. The van der Waals surface area contributed by atoms with Gasteiger partial charge in [0.05, 0.1) is 11.9 Å². The van der Waals surface area contributed by atoms with Crippen LogP contribution in [-0.4, -0.2) is 29.9 Å². The molecule has 0 radical (unpaired) electrons. The van der Waals surface area contributed by atoms with Crippen molar-refractivity contribution in [2.45, 2.75) is 6.92 Å². The van der Waals surface area contributed by atoms with E-state index >= 15 is 0 Å². The van der Waals surface area contributed by atoms with Gasteiger partial charge in [-0.2, -0.15) is 5.10 Å². The van der Waals surface area contributed by atoms with Crippen molar-refractivity contribution in [2.75, 3.05) is 22.1 Å². The number of thiocarbonyl (C=S) groups is 1. The van der Waals surface area contributed by atoms with Gasteiger partial charge in [0, 0.05) is 22.5 Å². The molecular formula is C24H20ClN5O3S. The molecule has 0 unspecified atom stereocenters. The summed E-state index contributed by atoms with van der Waals surface area (Å²) >= 11 is 11.3. The van der Waals surface area contributed by atoms with Crippen molar-refractivity contribution in [3.8, 4) is 5.75 Å². The molecule has 0 saturated heterocycles. The quantitative estimate of drug-likeness (QED) is 0.272. The van der Waals surface area contributed by atoms with Gasteiger partial charge in [0.15, 0.2) is 11.7 Å². The van der Waals surface area contributed by atoms with E-state index in [9.17, 15) is 9.59 Å². The molecule has 0 fully saturated rings. The summed E-state index contributed by atoms with van der Waals surface area (Å²) in [6.07, 6.45) is 1.50. The summed E-state index contributed by atoms with van der Waals surface area (Å²) < 4.78 is 5.56. The van der Waals surface area contributed by atoms with E-state index in [0.717, 1.165) is 16.8 Å². The second kappa shape index (κ2) is 10.3. The van der Waals surface area contributed by atoms with Gasteiger partial charge >= 0.3 is 6.03 Å². The van der Waals surface area contributed by atoms with Gasteiger partial charge in [-0.05, 0) is 61.1 Å². The number of amides is 3. The molecule has 3 aromatic carbocycles. The number of carbonyl (C=O) groups is 2. The molecule has 1 aliphatic rings. The molecule has 10 heteroatoms. The highest BCUT2D eigenvalue weighted by Crippen LogP contribution is 2.35. The van der Waals surface area contributed by atoms with E-state index in [4.69, 9.17) is 28.6 Å². The van der Waals surface area contributed by atoms with Crippen LogP contribution in [0.3, 0.4) is 0 Å². The van der Waals surface area contributed by atoms with E-state index in [0.29, 0.717) is 22.1 Å². The molecule has 3 amide bonds. The number of urea groups is 1. The third kappa shape index (κ3) is 5.69. The van der Waals surface area contributed by atoms with E-state index < -0.39 is 6.03 Å². The van der Waals surface area contributed by atoms with Crippen LogP contribution in [0.2, 0.25) is 5.02 Å². The van der Waals surface area contributed by atoms with Crippen LogP contribution in [0.25, 0.3) is 0 Å². The number of fused-ring (bicyclic) bond motifs is 1. The van der Waals surface area contributed by atoms with Crippen LogP contribution in [0.1, 0.15) is 11.1 Å². The van der Waals surface area contributed by atoms with Crippen LogP contribution < -0.4 is 25.7 Å². The summed E-state index contributed by atoms with van der Waals surface area (Å²) in [6.45, 7) is 1.81. The van der Waals surface area contributed by atoms with Crippen molar-refractivity contribution < 1.29 is 14.3 Å². The normalized spacial score (nSPS) is 12.6. The number of anilines is 3. The molecule has 0 aliphatic carbocycles. The highest BCUT2D eigenvalue weighted by atomic mass is 35.5. The standard InChI is InChI=1S/C24H20ClN5O3S/c1-15-2-8-18(9-3-15)28-24(34)30-20-11-10-19(12-21(20)33-14-22(30)31)27-23(32)29-26-13-16-4-6-17(25)7-5-16/h2-13H,14H2,1H3,(H,28,34)(H2,27,29,32)/b26-13-. The minimum absolute atomic E-state index is 0.177. The largest absolute Gasteiger partial charge is 0.481 e. The van der Waals surface area contributed by atoms with Crippen molar-refractivity contribution in [3.63, 3.8) is 0 Å². The smallest absolute Gasteiger partial charge is 0.339 e. The second-order valence-electron chi connectivity index (χ2n) is 7.37. The van der Waals surface area contributed by atoms with Gasteiger partial charge in [-0.15, -0.1) is 0 Å². The molecule has 0 saturated carbocycles. The molecule has 0 aromatic heterocycles. The van der Waals surface area contributed by atoms with Gasteiger partial charge in [0.25, 0.3) is 5.91 Å². The summed E-state index contributed by atoms with van der Waals surface area (Å²) in [5.41, 5.74) is 6.00. The predicted octanol–water partition coefficient (Wildman–Crippen LogP) is 4.93. The van der Waals surface area contributed by atoms with Gasteiger partial charge in [-0.3, -0.25) is 9.69 Å². The average Bonchev–Trinajstić information content (AvgIpc) is 2.82. The fourth-order valence-corrected chi connectivity index (χ4v) is 3.59. The third-order valence-electron chi connectivity index (χ3n) is 4.81. The van der Waals surface area contributed by atoms with Crippen LogP contribution in [0.15, 0.2) is 71.8 Å². The van der Waals surface area contributed by atoms with Gasteiger partial charge in [0.2, 0.25) is 0 Å². The first-order valence-electron chi connectivity index (χ1n) is 10.2. The Morgan fingerprint density at radius 3 is 2.50 bits per heavy atom. The lowest BCUT2D eigenvalue weighted by atomic mass is 10.2. The number of hydrazone groups is 1. The molecule has 34 heavy (non-hydrogen) atoms. The first-order valence-corrected chi connectivity index (χ1v) is 11.0. The molecule has 0 bridgehead atoms. The number of carbonyl (C=O) groups excluding carboxylic acids is 2. The van der Waals surface area contributed by atoms with Crippen LogP contribution in [0.5, 0.6) is 5.75 Å². The molecule has 1 aliphatic heterocycles. The molecule has 4 rings (SSSR count). The number of ether oxygens (including phenoxy) is 1. The lowest BCUT2D eigenvalue weighted by Gasteiger charge is -2.30. The summed E-state index contributed by atoms with van der Waals surface area (Å²) in [5, 5.41) is 10.5. The average molecular weight is 494 g/mol. The molecular weight excluding hydrogens is 474 g/mol. The lowest BCUT2D eigenvalue weighted by Crippen LogP contribution is -2.45. The summed E-state index contributed by atoms with van der Waals surface area (Å²) in [4.78, 5) is 26.1. The molecule has 3 N–H and O–H groups in total. The highest BCUT2D eigenvalue weighted by molar-refractivity contribution is 7.80. The Hall–Kier alpha value is -3.95. The van der Waals surface area contributed by atoms with Crippen LogP contribution in [0.4, 0.5) is 21.9 Å². The molecule has 0 spiro atoms. The number of nitrogens with zero attached hydrogens (tertiary/aromatic N) is 2. The minimum Gasteiger partial charge on any atom is -0.481 e. The number of hydrogen-bond donors (Lipinski definition) is 3. The Morgan fingerprint density at radius 1 is 1.06 bits per heavy atom. The zero-order valence-corrected chi connectivity index (χ0v) is 19.6. The Morgan fingerprint density at radius 2 is 1.76 bits per heavy atom. The van der Waals surface area contributed by atoms with E-state index in [-0.39, 0.29) is 17.6 Å². The lowest BCUT2D eigenvalue weighted by molar-refractivity contribution is -0.120. The van der Waals surface area contributed by atoms with Gasteiger partial charge < -0.3 is 15.4 Å². The number of rotatable bonds is 4. The van der Waals surface area contributed by atoms with Crippen LogP contribution in [0, 0.1) is 6.92 Å². The van der Waals surface area contributed by atoms with Crippen molar-refractivity contribution >= 4 is 64.1 Å². The van der Waals surface area contributed by atoms with Crippen molar-refractivity contribution in [2.24, 2.45) is 5.10 Å². The van der Waals surface area contributed by atoms with Crippen LogP contribution in [-0.2, 0) is 4.79 Å². The monoisotopic (exact) mass is 493 g/mol. The zero-order valence-electron chi connectivity index (χ0n) is 18.0. The van der Waals surface area contributed by atoms with Gasteiger partial charge in [-0.1, -0.05) is 41.4 Å². The SMILES string of the molecule is Cc1ccc(NC(=S)N2C(=O)COc3cc(NC(=O)N/N=C\c4ccc(Cl)cc4)ccc32)cc1. The molecule has 172 valence electrons. The van der Waals surface area contributed by atoms with Crippen molar-refractivity contribution in [1.82, 2.24) is 5.43 Å². The number of halogens is 1. The second-order valence-corrected chi connectivity index (χ2v) is 8.20. The molecule has 8 nitrogen and oxygen atoms in total. The van der Waals surface area contributed by atoms with Crippen molar-refractivity contribution in [3.05, 3.63) is 82.9 Å². The number of hydrogen-bond acceptors (Lipinski definition) is 5. The maximum absolute atomic E-state index is 12.5. The first kappa shape index (κ1) is 23.2. The maximum Gasteiger partial charge on any atom is 0.339 e. The fraction of sp³-hybridized carbons (Fsp3) is 0.0833. The maximum atomic E-state index is 12.5. The third-order valence-corrected chi connectivity index (χ3v) is 5.35. The molecule has 0 atom stereocenters. The molecule has 1 heterocycles. The summed E-state index contributed by atoms with van der Waals surface area (Å²) in [7, 11) is 0. The van der Waals surface area contributed by atoms with Crippen molar-refractivity contribution in [1.29, 1.82) is 0 Å². The summed E-state index contributed by atoms with van der Waals surface area (Å²) in [6, 6.07) is 19.0. The first-order chi connectivity index (χ1) is 16.4. The number of nitrogens with one attached hydrogen (secondary N) is 3. The van der Waals surface area contributed by atoms with Gasteiger partial charge in [-0.25, -0.2) is 10.2 Å². The number of aryl methyl sites for hydroxylation is 1. The highest BCUT2D eigenvalue weighted by Gasteiger charge is 2.29. The van der Waals surface area contributed by atoms with E-state index in [2.05, 4.69) is 21.2 Å². The van der Waals surface area contributed by atoms with Gasteiger partial charge in [0.1, 0.15) is 5.75 Å². The Labute approximate surface area is 206 Å². The van der Waals surface area contributed by atoms with E-state index in [1.807, 2.05) is 31.2 Å². The predicted molar refractivity (Wildman–Crippen MR) is 138 cm³/mol. The Kier molecular flexibility index (Phi) is 7.05. The zero-order chi connectivity index (χ0) is 24.1. The number of benzene rings is 3. The Balaban J connectivity index is 1.41. The molecule has 3 aromatic rings. The van der Waals surface area contributed by atoms with Crippen LogP contribution >= 0.6 is 23.8 Å². The van der Waals surface area contributed by atoms with E-state index in [1.54, 1.807) is 42.5 Å². The Bertz CT molecular complexity index is 1260. The minimum atomic E-state index is -0.537.